The Bertz CT molecular complexity index is 579. The van der Waals surface area contributed by atoms with E-state index in [2.05, 4.69) is 0 Å². The van der Waals surface area contributed by atoms with Crippen LogP contribution in [0.1, 0.15) is 25.3 Å². The molecule has 0 aromatic heterocycles. The van der Waals surface area contributed by atoms with Gasteiger partial charge in [0.15, 0.2) is 0 Å². The third kappa shape index (κ3) is 3.10. The topological polar surface area (TPSA) is 52.4 Å². The molecule has 98 valence electrons. The van der Waals surface area contributed by atoms with Crippen LogP contribution < -0.4 is 4.74 Å². The summed E-state index contributed by atoms with van der Waals surface area (Å²) in [7, 11) is 0. The largest absolute Gasteiger partial charge is 0.457 e. The summed E-state index contributed by atoms with van der Waals surface area (Å²) in [6.07, 6.45) is 0. The van der Waals surface area contributed by atoms with Gasteiger partial charge in [0.25, 0.3) is 5.69 Å². The van der Waals surface area contributed by atoms with Crippen LogP contribution in [0.25, 0.3) is 0 Å². The van der Waals surface area contributed by atoms with Gasteiger partial charge in [-0.25, -0.2) is 0 Å². The fourth-order valence-corrected chi connectivity index (χ4v) is 1.82. The Labute approximate surface area is 111 Å². The quantitative estimate of drug-likeness (QED) is 0.598. The molecule has 4 nitrogen and oxygen atoms in total. The van der Waals surface area contributed by atoms with Crippen molar-refractivity contribution in [1.29, 1.82) is 0 Å². The first-order chi connectivity index (χ1) is 9.08. The maximum atomic E-state index is 10.8. The minimum atomic E-state index is -0.415. The molecule has 0 N–H and O–H groups in total. The number of nitro groups is 1. The van der Waals surface area contributed by atoms with Crippen molar-refractivity contribution in [2.75, 3.05) is 0 Å². The lowest BCUT2D eigenvalue weighted by molar-refractivity contribution is -0.384. The van der Waals surface area contributed by atoms with Crippen LogP contribution in [0.15, 0.2) is 48.5 Å². The number of non-ortho nitro benzene ring substituents is 1. The number of hydrogen-bond acceptors (Lipinski definition) is 3. The number of benzene rings is 2. The summed E-state index contributed by atoms with van der Waals surface area (Å²) in [5.41, 5.74) is 0.991. The van der Waals surface area contributed by atoms with Crippen LogP contribution in [-0.4, -0.2) is 4.92 Å². The first-order valence-corrected chi connectivity index (χ1v) is 6.09. The van der Waals surface area contributed by atoms with Gasteiger partial charge in [-0.3, -0.25) is 10.1 Å². The Morgan fingerprint density at radius 2 is 1.79 bits per heavy atom. The fraction of sp³-hybridized carbons (Fsp3) is 0.200. The summed E-state index contributed by atoms with van der Waals surface area (Å²) >= 11 is 0. The zero-order chi connectivity index (χ0) is 13.8. The highest BCUT2D eigenvalue weighted by molar-refractivity contribution is 5.47. The van der Waals surface area contributed by atoms with Gasteiger partial charge in [0, 0.05) is 6.07 Å². The molecule has 0 saturated heterocycles. The monoisotopic (exact) mass is 257 g/mol. The predicted molar refractivity (Wildman–Crippen MR) is 73.7 cm³/mol. The molecule has 2 aromatic rings. The molecule has 0 atom stereocenters. The van der Waals surface area contributed by atoms with Crippen LogP contribution in [0, 0.1) is 10.1 Å². The zero-order valence-corrected chi connectivity index (χ0v) is 10.9. The Kier molecular flexibility index (Phi) is 3.80. The number of ether oxygens (including phenoxy) is 1. The Morgan fingerprint density at radius 1 is 1.11 bits per heavy atom. The summed E-state index contributed by atoms with van der Waals surface area (Å²) in [4.78, 5) is 10.4. The van der Waals surface area contributed by atoms with Gasteiger partial charge in [-0.1, -0.05) is 32.0 Å². The smallest absolute Gasteiger partial charge is 0.273 e. The standard InChI is InChI=1S/C15H15NO3/c1-11(2)14-9-8-12(16(17)18)10-15(14)19-13-6-4-3-5-7-13/h3-11H,1-2H3. The van der Waals surface area contributed by atoms with Crippen molar-refractivity contribution in [1.82, 2.24) is 0 Å². The van der Waals surface area contributed by atoms with E-state index in [1.807, 2.05) is 44.2 Å². The maximum Gasteiger partial charge on any atom is 0.273 e. The molecular weight excluding hydrogens is 242 g/mol. The minimum Gasteiger partial charge on any atom is -0.457 e. The third-order valence-electron chi connectivity index (χ3n) is 2.80. The molecule has 0 radical (unpaired) electrons. The Morgan fingerprint density at radius 3 is 2.37 bits per heavy atom. The van der Waals surface area contributed by atoms with E-state index in [-0.39, 0.29) is 11.6 Å². The molecule has 0 spiro atoms. The van der Waals surface area contributed by atoms with Gasteiger partial charge >= 0.3 is 0 Å². The summed E-state index contributed by atoms with van der Waals surface area (Å²) in [6, 6.07) is 14.0. The van der Waals surface area contributed by atoms with E-state index in [0.29, 0.717) is 11.5 Å². The second-order valence-electron chi connectivity index (χ2n) is 4.55. The number of rotatable bonds is 4. The van der Waals surface area contributed by atoms with Crippen LogP contribution >= 0.6 is 0 Å². The van der Waals surface area contributed by atoms with Gasteiger partial charge in [-0.2, -0.15) is 0 Å². The van der Waals surface area contributed by atoms with E-state index in [1.54, 1.807) is 6.07 Å². The van der Waals surface area contributed by atoms with Gasteiger partial charge in [0.2, 0.25) is 0 Å². The zero-order valence-electron chi connectivity index (χ0n) is 10.9. The lowest BCUT2D eigenvalue weighted by Gasteiger charge is -2.13. The molecule has 0 saturated carbocycles. The normalized spacial score (nSPS) is 10.5. The molecule has 0 aliphatic rings. The highest BCUT2D eigenvalue weighted by Gasteiger charge is 2.14. The molecular formula is C15H15NO3. The number of hydrogen-bond donors (Lipinski definition) is 0. The van der Waals surface area contributed by atoms with Crippen molar-refractivity contribution < 1.29 is 9.66 Å². The molecule has 2 rings (SSSR count). The second kappa shape index (κ2) is 5.52. The highest BCUT2D eigenvalue weighted by Crippen LogP contribution is 2.33. The van der Waals surface area contributed by atoms with Gasteiger partial charge in [0.05, 0.1) is 11.0 Å². The minimum absolute atomic E-state index is 0.0373. The van der Waals surface area contributed by atoms with E-state index < -0.39 is 4.92 Å². The molecule has 0 amide bonds. The van der Waals surface area contributed by atoms with Crippen molar-refractivity contribution in [3.05, 3.63) is 64.2 Å². The van der Waals surface area contributed by atoms with Gasteiger partial charge in [0.1, 0.15) is 11.5 Å². The lowest BCUT2D eigenvalue weighted by atomic mass is 10.0. The van der Waals surface area contributed by atoms with Crippen molar-refractivity contribution in [3.63, 3.8) is 0 Å². The van der Waals surface area contributed by atoms with Crippen molar-refractivity contribution >= 4 is 5.69 Å². The SMILES string of the molecule is CC(C)c1ccc([N+](=O)[O-])cc1Oc1ccccc1. The molecule has 2 aromatic carbocycles. The van der Waals surface area contributed by atoms with Crippen molar-refractivity contribution in [3.8, 4) is 11.5 Å². The molecule has 0 unspecified atom stereocenters. The lowest BCUT2D eigenvalue weighted by Crippen LogP contribution is -1.96. The molecule has 0 aliphatic carbocycles. The summed E-state index contributed by atoms with van der Waals surface area (Å²) in [6.45, 7) is 4.05. The molecule has 0 bridgehead atoms. The highest BCUT2D eigenvalue weighted by atomic mass is 16.6. The van der Waals surface area contributed by atoms with Crippen LogP contribution in [0.5, 0.6) is 11.5 Å². The summed E-state index contributed by atoms with van der Waals surface area (Å²) < 4.78 is 5.76. The van der Waals surface area contributed by atoms with Gasteiger partial charge in [-0.15, -0.1) is 0 Å². The van der Waals surface area contributed by atoms with Gasteiger partial charge < -0.3 is 4.74 Å². The number of nitro benzene ring substituents is 1. The van der Waals surface area contributed by atoms with E-state index in [0.717, 1.165) is 5.56 Å². The molecule has 19 heavy (non-hydrogen) atoms. The number of nitrogens with zero attached hydrogens (tertiary/aromatic N) is 1. The third-order valence-corrected chi connectivity index (χ3v) is 2.80. The Hall–Kier alpha value is -2.36. The predicted octanol–water partition coefficient (Wildman–Crippen LogP) is 4.51. The van der Waals surface area contributed by atoms with E-state index in [4.69, 9.17) is 4.74 Å². The summed E-state index contributed by atoms with van der Waals surface area (Å²) in [5, 5.41) is 10.8. The van der Waals surface area contributed by atoms with E-state index in [9.17, 15) is 10.1 Å². The average Bonchev–Trinajstić information content (AvgIpc) is 2.39. The Balaban J connectivity index is 2.40. The van der Waals surface area contributed by atoms with Crippen LogP contribution in [0.3, 0.4) is 0 Å². The molecule has 0 heterocycles. The van der Waals surface area contributed by atoms with Crippen LogP contribution in [0.4, 0.5) is 5.69 Å². The van der Waals surface area contributed by atoms with Crippen molar-refractivity contribution in [2.24, 2.45) is 0 Å². The van der Waals surface area contributed by atoms with Crippen molar-refractivity contribution in [2.45, 2.75) is 19.8 Å². The fourth-order valence-electron chi connectivity index (χ4n) is 1.82. The summed E-state index contributed by atoms with van der Waals surface area (Å²) in [5.74, 6) is 1.44. The first-order valence-electron chi connectivity index (χ1n) is 6.09. The van der Waals surface area contributed by atoms with E-state index in [1.165, 1.54) is 12.1 Å². The number of para-hydroxylation sites is 1. The molecule has 0 aliphatic heterocycles. The van der Waals surface area contributed by atoms with E-state index >= 15 is 0 Å². The van der Waals surface area contributed by atoms with Crippen LogP contribution in [-0.2, 0) is 0 Å². The maximum absolute atomic E-state index is 10.8. The second-order valence-corrected chi connectivity index (χ2v) is 4.55. The molecule has 0 fully saturated rings. The molecule has 4 heteroatoms. The first kappa shape index (κ1) is 13.1. The van der Waals surface area contributed by atoms with Crippen LogP contribution in [0.2, 0.25) is 0 Å². The average molecular weight is 257 g/mol. The van der Waals surface area contributed by atoms with Gasteiger partial charge in [-0.05, 0) is 29.7 Å².